The van der Waals surface area contributed by atoms with Crippen LogP contribution >= 0.6 is 0 Å². The summed E-state index contributed by atoms with van der Waals surface area (Å²) in [6, 6.07) is 5.56. The van der Waals surface area contributed by atoms with Crippen LogP contribution in [0, 0.1) is 5.82 Å². The Bertz CT molecular complexity index is 425. The maximum atomic E-state index is 13.7. The molecule has 0 spiro atoms. The van der Waals surface area contributed by atoms with Gasteiger partial charge in [0, 0.05) is 19.2 Å². The van der Waals surface area contributed by atoms with E-state index in [9.17, 15) is 4.39 Å². The molecule has 1 aromatic carbocycles. The van der Waals surface area contributed by atoms with Gasteiger partial charge in [-0.3, -0.25) is 0 Å². The highest BCUT2D eigenvalue weighted by Gasteiger charge is 2.28. The van der Waals surface area contributed by atoms with E-state index in [1.165, 1.54) is 19.6 Å². The van der Waals surface area contributed by atoms with Crippen LogP contribution in [0.4, 0.5) is 4.39 Å². The minimum atomic E-state index is -0.316. The van der Waals surface area contributed by atoms with Crippen LogP contribution < -0.4 is 10.1 Å². The molecule has 1 aliphatic rings. The van der Waals surface area contributed by atoms with Gasteiger partial charge in [0.2, 0.25) is 0 Å². The van der Waals surface area contributed by atoms with Crippen molar-refractivity contribution in [3.8, 4) is 5.75 Å². The SMILES string of the molecule is COc1ccc(C(C)NC2CCCC2OC)cc1F. The fraction of sp³-hybridized carbons (Fsp3) is 0.600. The molecule has 4 heteroatoms. The van der Waals surface area contributed by atoms with Crippen molar-refractivity contribution in [3.05, 3.63) is 29.6 Å². The lowest BCUT2D eigenvalue weighted by Crippen LogP contribution is -2.38. The average Bonchev–Trinajstić information content (AvgIpc) is 2.85. The molecule has 0 heterocycles. The molecule has 3 atom stereocenters. The normalized spacial score (nSPS) is 24.4. The number of benzene rings is 1. The van der Waals surface area contributed by atoms with Gasteiger partial charge >= 0.3 is 0 Å². The van der Waals surface area contributed by atoms with E-state index in [-0.39, 0.29) is 23.7 Å². The average molecular weight is 267 g/mol. The molecule has 1 aromatic rings. The standard InChI is InChI=1S/C15H22FNO2/c1-10(17-13-5-4-6-15(13)19-3)11-7-8-14(18-2)12(16)9-11/h7-10,13,15,17H,4-6H2,1-3H3. The van der Waals surface area contributed by atoms with E-state index in [0.717, 1.165) is 18.4 Å². The molecule has 1 saturated carbocycles. The summed E-state index contributed by atoms with van der Waals surface area (Å²) in [5.41, 5.74) is 0.931. The molecular weight excluding hydrogens is 245 g/mol. The van der Waals surface area contributed by atoms with Crippen LogP contribution in [-0.2, 0) is 4.74 Å². The summed E-state index contributed by atoms with van der Waals surface area (Å²) in [7, 11) is 3.23. The fourth-order valence-corrected chi connectivity index (χ4v) is 2.77. The lowest BCUT2D eigenvalue weighted by Gasteiger charge is -2.24. The van der Waals surface area contributed by atoms with E-state index in [2.05, 4.69) is 5.32 Å². The van der Waals surface area contributed by atoms with Gasteiger partial charge in [0.25, 0.3) is 0 Å². The monoisotopic (exact) mass is 267 g/mol. The maximum Gasteiger partial charge on any atom is 0.165 e. The lowest BCUT2D eigenvalue weighted by molar-refractivity contribution is 0.0819. The predicted octanol–water partition coefficient (Wildman–Crippen LogP) is 3.05. The van der Waals surface area contributed by atoms with Crippen LogP contribution in [-0.4, -0.2) is 26.4 Å². The Morgan fingerprint density at radius 2 is 2.11 bits per heavy atom. The summed E-state index contributed by atoms with van der Waals surface area (Å²) in [4.78, 5) is 0. The number of halogens is 1. The Balaban J connectivity index is 2.03. The van der Waals surface area contributed by atoms with E-state index in [1.807, 2.05) is 13.0 Å². The van der Waals surface area contributed by atoms with Crippen molar-refractivity contribution < 1.29 is 13.9 Å². The first-order valence-electron chi connectivity index (χ1n) is 6.78. The Hall–Kier alpha value is -1.13. The van der Waals surface area contributed by atoms with Crippen molar-refractivity contribution in [2.45, 2.75) is 44.4 Å². The summed E-state index contributed by atoms with van der Waals surface area (Å²) < 4.78 is 24.1. The first kappa shape index (κ1) is 14.3. The molecule has 2 rings (SSSR count). The van der Waals surface area contributed by atoms with Crippen molar-refractivity contribution in [1.82, 2.24) is 5.32 Å². The van der Waals surface area contributed by atoms with Crippen molar-refractivity contribution in [2.75, 3.05) is 14.2 Å². The van der Waals surface area contributed by atoms with Gasteiger partial charge < -0.3 is 14.8 Å². The van der Waals surface area contributed by atoms with Gasteiger partial charge in [-0.25, -0.2) is 4.39 Å². The Morgan fingerprint density at radius 1 is 1.32 bits per heavy atom. The van der Waals surface area contributed by atoms with Crippen molar-refractivity contribution in [1.29, 1.82) is 0 Å². The van der Waals surface area contributed by atoms with Crippen molar-refractivity contribution in [3.63, 3.8) is 0 Å². The zero-order valence-electron chi connectivity index (χ0n) is 11.8. The van der Waals surface area contributed by atoms with Crippen LogP contribution in [0.5, 0.6) is 5.75 Å². The van der Waals surface area contributed by atoms with Gasteiger partial charge in [-0.05, 0) is 43.9 Å². The van der Waals surface area contributed by atoms with E-state index in [0.29, 0.717) is 6.04 Å². The molecule has 0 aliphatic heterocycles. The first-order chi connectivity index (χ1) is 9.15. The Kier molecular flexibility index (Phi) is 4.77. The molecular formula is C15H22FNO2. The minimum Gasteiger partial charge on any atom is -0.494 e. The maximum absolute atomic E-state index is 13.7. The third-order valence-electron chi connectivity index (χ3n) is 3.90. The van der Waals surface area contributed by atoms with Crippen LogP contribution in [0.15, 0.2) is 18.2 Å². The van der Waals surface area contributed by atoms with Gasteiger partial charge in [-0.1, -0.05) is 6.07 Å². The molecule has 1 aliphatic carbocycles. The van der Waals surface area contributed by atoms with Gasteiger partial charge in [0.05, 0.1) is 13.2 Å². The molecule has 1 fully saturated rings. The summed E-state index contributed by atoms with van der Waals surface area (Å²) >= 11 is 0. The molecule has 3 unspecified atom stereocenters. The fourth-order valence-electron chi connectivity index (χ4n) is 2.77. The van der Waals surface area contributed by atoms with Crippen LogP contribution in [0.2, 0.25) is 0 Å². The van der Waals surface area contributed by atoms with Crippen molar-refractivity contribution in [2.24, 2.45) is 0 Å². The molecule has 3 nitrogen and oxygen atoms in total. The molecule has 0 bridgehead atoms. The summed E-state index contributed by atoms with van der Waals surface area (Å²) in [6.45, 7) is 2.05. The summed E-state index contributed by atoms with van der Waals surface area (Å²) in [5.74, 6) is -0.0325. The number of hydrogen-bond donors (Lipinski definition) is 1. The van der Waals surface area contributed by atoms with E-state index < -0.39 is 0 Å². The van der Waals surface area contributed by atoms with Gasteiger partial charge in [-0.2, -0.15) is 0 Å². The molecule has 19 heavy (non-hydrogen) atoms. The predicted molar refractivity (Wildman–Crippen MR) is 72.9 cm³/mol. The third kappa shape index (κ3) is 3.25. The second kappa shape index (κ2) is 6.35. The number of ether oxygens (including phenoxy) is 2. The van der Waals surface area contributed by atoms with Crippen LogP contribution in [0.25, 0.3) is 0 Å². The third-order valence-corrected chi connectivity index (χ3v) is 3.90. The first-order valence-corrected chi connectivity index (χ1v) is 6.78. The molecule has 1 N–H and O–H groups in total. The largest absolute Gasteiger partial charge is 0.494 e. The van der Waals surface area contributed by atoms with Crippen LogP contribution in [0.1, 0.15) is 37.8 Å². The number of methoxy groups -OCH3 is 2. The highest BCUT2D eigenvalue weighted by atomic mass is 19.1. The van der Waals surface area contributed by atoms with Gasteiger partial charge in [-0.15, -0.1) is 0 Å². The molecule has 106 valence electrons. The second-order valence-electron chi connectivity index (χ2n) is 5.09. The number of hydrogen-bond acceptors (Lipinski definition) is 3. The lowest BCUT2D eigenvalue weighted by atomic mass is 10.1. The molecule has 0 amide bonds. The minimum absolute atomic E-state index is 0.0983. The summed E-state index contributed by atoms with van der Waals surface area (Å²) in [5, 5.41) is 3.53. The van der Waals surface area contributed by atoms with E-state index >= 15 is 0 Å². The Morgan fingerprint density at radius 3 is 2.74 bits per heavy atom. The smallest absolute Gasteiger partial charge is 0.165 e. The van der Waals surface area contributed by atoms with Gasteiger partial charge in [0.15, 0.2) is 11.6 Å². The zero-order chi connectivity index (χ0) is 13.8. The van der Waals surface area contributed by atoms with E-state index in [1.54, 1.807) is 13.2 Å². The second-order valence-corrected chi connectivity index (χ2v) is 5.09. The van der Waals surface area contributed by atoms with Crippen molar-refractivity contribution >= 4 is 0 Å². The molecule has 0 aromatic heterocycles. The van der Waals surface area contributed by atoms with E-state index in [4.69, 9.17) is 9.47 Å². The zero-order valence-corrected chi connectivity index (χ0v) is 11.8. The number of rotatable bonds is 5. The quantitative estimate of drug-likeness (QED) is 0.889. The highest BCUT2D eigenvalue weighted by molar-refractivity contribution is 5.30. The summed E-state index contributed by atoms with van der Waals surface area (Å²) in [6.07, 6.45) is 3.66. The van der Waals surface area contributed by atoms with Crippen LogP contribution in [0.3, 0.4) is 0 Å². The molecule has 0 radical (unpaired) electrons. The van der Waals surface area contributed by atoms with Gasteiger partial charge in [0.1, 0.15) is 0 Å². The topological polar surface area (TPSA) is 30.5 Å². The molecule has 0 saturated heterocycles. The Labute approximate surface area is 114 Å². The number of nitrogens with one attached hydrogen (secondary N) is 1. The highest BCUT2D eigenvalue weighted by Crippen LogP contribution is 2.26.